The van der Waals surface area contributed by atoms with Crippen LogP contribution < -0.4 is 26.4 Å². The molecule has 1 aromatic heterocycles. The number of Topliss-reactive ketones (excluding diaryl/α,β-unsaturated/α-hetero) is 1. The lowest BCUT2D eigenvalue weighted by molar-refractivity contribution is -0.664. The van der Waals surface area contributed by atoms with Gasteiger partial charge in [-0.05, 0) is 17.7 Å². The lowest BCUT2D eigenvalue weighted by Gasteiger charge is -2.44. The standard InChI is InChI=1S/C24BF20.C21H19N4O/c26-5-1(6(27)14(35)21(42)13(5)34)25(2-7(28)15(36)22(43)16(37)8(2)29,3-9(30)17(38)23(44)18(39)10(3)31)4-11(32)19(40)24(45)20(41)12(4)33;22-24-23-15-7-6-11-19-14-13-17-8-4-5-12-20(17)25(19)16-21(26)18-9-2-1-3-10-18/h;1-10,12-14H,11,15-16H2/q-1;+1. The first-order valence-electron chi connectivity index (χ1n) is 19.4. The number of rotatable bonds is 11. The Balaban J connectivity index is 0.000000268. The van der Waals surface area contributed by atoms with Crippen LogP contribution in [0.2, 0.25) is 0 Å². The molecule has 1 heterocycles. The molecule has 0 fully saturated rings. The van der Waals surface area contributed by atoms with E-state index in [-0.39, 0.29) is 12.3 Å². The summed E-state index contributed by atoms with van der Waals surface area (Å²) in [7, 11) is 0. The van der Waals surface area contributed by atoms with E-state index in [9.17, 15) is 57.5 Å². The van der Waals surface area contributed by atoms with Crippen molar-refractivity contribution in [3.63, 3.8) is 0 Å². The third-order valence-electron chi connectivity index (χ3n) is 10.9. The first kappa shape index (κ1) is 52.5. The second kappa shape index (κ2) is 20.6. The van der Waals surface area contributed by atoms with E-state index in [1.807, 2.05) is 72.8 Å². The third kappa shape index (κ3) is 8.87. The second-order valence-electron chi connectivity index (χ2n) is 14.6. The summed E-state index contributed by atoms with van der Waals surface area (Å²) >= 11 is 0. The number of azide groups is 1. The molecular weight excluding hydrogens is 1000 g/mol. The van der Waals surface area contributed by atoms with Crippen molar-refractivity contribution in [2.45, 2.75) is 13.0 Å². The maximum absolute atomic E-state index is 15.4. The van der Waals surface area contributed by atoms with Crippen LogP contribution >= 0.6 is 0 Å². The Kier molecular flexibility index (Phi) is 15.2. The van der Waals surface area contributed by atoms with Gasteiger partial charge in [-0.3, -0.25) is 4.79 Å². The molecule has 0 amide bonds. The van der Waals surface area contributed by atoms with Crippen LogP contribution in [0.25, 0.3) is 21.3 Å². The number of aromatic nitrogens is 1. The maximum atomic E-state index is 15.4. The fraction of sp³-hybridized carbons (Fsp3) is 0.0667. The molecule has 0 bridgehead atoms. The summed E-state index contributed by atoms with van der Waals surface area (Å²) in [5.41, 5.74) is -3.23. The van der Waals surface area contributed by atoms with E-state index in [4.69, 9.17) is 5.53 Å². The number of benzene rings is 6. The maximum Gasteiger partial charge on any atom is 0.227 e. The van der Waals surface area contributed by atoms with E-state index in [0.717, 1.165) is 16.6 Å². The van der Waals surface area contributed by atoms with Gasteiger partial charge in [-0.2, -0.15) is 4.57 Å². The number of para-hydroxylation sites is 1. The van der Waals surface area contributed by atoms with E-state index in [1.54, 1.807) is 0 Å². The molecule has 0 radical (unpaired) electrons. The summed E-state index contributed by atoms with van der Waals surface area (Å²) in [5.74, 6) is -71.3. The molecule has 0 aliphatic carbocycles. The highest BCUT2D eigenvalue weighted by atomic mass is 19.2. The van der Waals surface area contributed by atoms with E-state index in [2.05, 4.69) is 20.7 Å². The average molecular weight is 1020 g/mol. The monoisotopic (exact) mass is 1020 g/mol. The molecule has 0 saturated carbocycles. The lowest BCUT2D eigenvalue weighted by Crippen LogP contribution is -2.81. The van der Waals surface area contributed by atoms with E-state index < -0.39 is 144 Å². The third-order valence-corrected chi connectivity index (χ3v) is 10.9. The molecule has 7 rings (SSSR count). The number of carbonyl (C=O) groups excluding carboxylic acids is 1. The fourth-order valence-corrected chi connectivity index (χ4v) is 7.77. The van der Waals surface area contributed by atoms with Crippen molar-refractivity contribution in [3.8, 4) is 0 Å². The number of hydrogen-bond acceptors (Lipinski definition) is 2. The van der Waals surface area contributed by atoms with E-state index in [1.165, 1.54) is 0 Å². The zero-order valence-electron chi connectivity index (χ0n) is 34.5. The summed E-state index contributed by atoms with van der Waals surface area (Å²) in [6.45, 7) is 0.609. The molecule has 0 N–H and O–H groups in total. The molecule has 0 saturated heterocycles. The van der Waals surface area contributed by atoms with Gasteiger partial charge in [0.1, 0.15) is 52.7 Å². The first-order chi connectivity index (χ1) is 33.5. The molecule has 0 aliphatic rings. The van der Waals surface area contributed by atoms with Crippen molar-refractivity contribution >= 4 is 44.7 Å². The predicted octanol–water partition coefficient (Wildman–Crippen LogP) is 10.3. The van der Waals surface area contributed by atoms with Gasteiger partial charge >= 0.3 is 0 Å². The molecule has 71 heavy (non-hydrogen) atoms. The average Bonchev–Trinajstić information content (AvgIpc) is 3.37. The highest BCUT2D eigenvalue weighted by molar-refractivity contribution is 7.20. The van der Waals surface area contributed by atoms with Crippen LogP contribution in [0, 0.1) is 116 Å². The largest absolute Gasteiger partial charge is 0.287 e. The van der Waals surface area contributed by atoms with Gasteiger partial charge < -0.3 is 0 Å². The summed E-state index contributed by atoms with van der Waals surface area (Å²) in [6.07, 6.45) is -2.76. The zero-order valence-corrected chi connectivity index (χ0v) is 34.5. The number of carbonyl (C=O) groups is 1. The Morgan fingerprint density at radius 2 is 0.789 bits per heavy atom. The van der Waals surface area contributed by atoms with Gasteiger partial charge in [0, 0.05) is 34.5 Å². The van der Waals surface area contributed by atoms with Crippen molar-refractivity contribution < 1.29 is 97.2 Å². The molecule has 0 unspecified atom stereocenters. The highest BCUT2D eigenvalue weighted by Crippen LogP contribution is 2.31. The van der Waals surface area contributed by atoms with E-state index >= 15 is 35.1 Å². The van der Waals surface area contributed by atoms with Gasteiger partial charge in [-0.15, -0.1) is 21.9 Å². The lowest BCUT2D eigenvalue weighted by atomic mass is 9.12. The molecule has 5 nitrogen and oxygen atoms in total. The highest BCUT2D eigenvalue weighted by Gasteiger charge is 2.52. The number of pyridine rings is 1. The van der Waals surface area contributed by atoms with Crippen LogP contribution in [-0.2, 0) is 13.0 Å². The van der Waals surface area contributed by atoms with Gasteiger partial charge in [0.15, 0.2) is 75.5 Å². The minimum absolute atomic E-state index is 0.0752. The number of ketones is 1. The van der Waals surface area contributed by atoms with Crippen LogP contribution in [-0.4, -0.2) is 18.5 Å². The van der Waals surface area contributed by atoms with Gasteiger partial charge in [0.2, 0.25) is 17.8 Å². The Bertz CT molecular complexity index is 3000. The molecule has 368 valence electrons. The van der Waals surface area contributed by atoms with Gasteiger partial charge in [0.05, 0.1) is 6.42 Å². The van der Waals surface area contributed by atoms with E-state index in [0.29, 0.717) is 18.5 Å². The Morgan fingerprint density at radius 1 is 0.451 bits per heavy atom. The van der Waals surface area contributed by atoms with Gasteiger partial charge in [-0.25, -0.2) is 87.8 Å². The van der Waals surface area contributed by atoms with Gasteiger partial charge in [-0.1, -0.05) is 59.7 Å². The van der Waals surface area contributed by atoms with Crippen molar-refractivity contribution in [3.05, 3.63) is 217 Å². The summed E-state index contributed by atoms with van der Waals surface area (Å²) < 4.78 is 296. The molecule has 0 aliphatic heterocycles. The second-order valence-corrected chi connectivity index (χ2v) is 14.6. The number of fused-ring (bicyclic) bond motifs is 1. The Labute approximate surface area is 383 Å². The number of halogens is 20. The summed E-state index contributed by atoms with van der Waals surface area (Å²) in [5, 5.41) is 4.59. The molecular formula is C45H19BF20N4O. The van der Waals surface area contributed by atoms with Crippen molar-refractivity contribution in [2.24, 2.45) is 5.11 Å². The molecule has 6 aromatic carbocycles. The van der Waals surface area contributed by atoms with Gasteiger partial charge in [0.25, 0.3) is 0 Å². The van der Waals surface area contributed by atoms with Crippen LogP contribution in [0.15, 0.2) is 84.0 Å². The van der Waals surface area contributed by atoms with Crippen LogP contribution in [0.1, 0.15) is 16.1 Å². The van der Waals surface area contributed by atoms with Crippen molar-refractivity contribution in [2.75, 3.05) is 6.54 Å². The van der Waals surface area contributed by atoms with Crippen molar-refractivity contribution in [1.82, 2.24) is 0 Å². The zero-order chi connectivity index (χ0) is 52.5. The smallest absolute Gasteiger partial charge is 0.227 e. The number of nitrogens with zero attached hydrogens (tertiary/aromatic N) is 4. The predicted molar refractivity (Wildman–Crippen MR) is 211 cm³/mol. The quantitative estimate of drug-likeness (QED) is 0.0122. The normalized spacial score (nSPS) is 11.5. The first-order valence-corrected chi connectivity index (χ1v) is 19.4. The fourth-order valence-electron chi connectivity index (χ4n) is 7.77. The summed E-state index contributed by atoms with van der Waals surface area (Å²) in [6, 6.07) is 21.5. The Hall–Kier alpha value is -7.89. The molecule has 0 spiro atoms. The molecule has 0 atom stereocenters. The van der Waals surface area contributed by atoms with Crippen LogP contribution in [0.3, 0.4) is 0 Å². The number of allylic oxidation sites excluding steroid dienone is 1. The topological polar surface area (TPSA) is 69.7 Å². The van der Waals surface area contributed by atoms with Crippen molar-refractivity contribution in [1.29, 1.82) is 0 Å². The Morgan fingerprint density at radius 3 is 1.15 bits per heavy atom. The summed E-state index contributed by atoms with van der Waals surface area (Å²) in [4.78, 5) is 15.5. The molecule has 7 aromatic rings. The minimum Gasteiger partial charge on any atom is -0.287 e. The number of hydrogen-bond donors (Lipinski definition) is 0. The van der Waals surface area contributed by atoms with Crippen LogP contribution in [0.5, 0.6) is 0 Å². The molecule has 26 heteroatoms. The SMILES string of the molecule is Fc1c(F)c(F)c([B-](c2c(F)c(F)c(F)c(F)c2F)(c2c(F)c(F)c(F)c(F)c2F)c2c(F)c(F)c(F)c(F)c2F)c(F)c1F.[N-]=[N+]=NCC=CCc1ccc2ccccc2[n+]1CC(=O)c1ccccc1. The van der Waals surface area contributed by atoms with Crippen LogP contribution in [0.4, 0.5) is 87.8 Å². The minimum atomic E-state index is -7.22.